The largest absolute Gasteiger partial charge is 0.481 e. The number of nitrogens with one attached hydrogen (secondary N) is 2. The first-order valence-corrected chi connectivity index (χ1v) is 11.4. The monoisotopic (exact) mass is 436 g/mol. The number of fused-ring (bicyclic) bond motifs is 2. The van der Waals surface area contributed by atoms with Crippen LogP contribution >= 0.6 is 11.8 Å². The van der Waals surface area contributed by atoms with Gasteiger partial charge in [-0.2, -0.15) is 0 Å². The minimum Gasteiger partial charge on any atom is -0.481 e. The molecule has 1 saturated heterocycles. The van der Waals surface area contributed by atoms with E-state index in [9.17, 15) is 4.79 Å². The third-order valence-corrected chi connectivity index (χ3v) is 6.73. The molecule has 5 rings (SSSR count). The van der Waals surface area contributed by atoms with Gasteiger partial charge in [0.15, 0.2) is 0 Å². The smallest absolute Gasteiger partial charge is 0.235 e. The number of pyridine rings is 3. The lowest BCUT2D eigenvalue weighted by atomic mass is 10.0. The van der Waals surface area contributed by atoms with Crippen molar-refractivity contribution in [3.8, 4) is 5.88 Å². The maximum absolute atomic E-state index is 11.6. The van der Waals surface area contributed by atoms with E-state index in [1.54, 1.807) is 7.11 Å². The van der Waals surface area contributed by atoms with Crippen LogP contribution in [0.15, 0.2) is 41.4 Å². The predicted molar refractivity (Wildman–Crippen MR) is 122 cm³/mol. The number of aromatic nitrogens is 3. The number of ether oxygens (including phenoxy) is 1. The Morgan fingerprint density at radius 2 is 2.06 bits per heavy atom. The Morgan fingerprint density at radius 3 is 2.90 bits per heavy atom. The van der Waals surface area contributed by atoms with Crippen LogP contribution in [0, 0.1) is 0 Å². The van der Waals surface area contributed by atoms with Gasteiger partial charge >= 0.3 is 0 Å². The van der Waals surface area contributed by atoms with Gasteiger partial charge in [0.05, 0.1) is 34.7 Å². The zero-order valence-corrected chi connectivity index (χ0v) is 18.1. The van der Waals surface area contributed by atoms with Crippen molar-refractivity contribution in [2.45, 2.75) is 30.3 Å². The van der Waals surface area contributed by atoms with Crippen molar-refractivity contribution < 1.29 is 9.53 Å². The van der Waals surface area contributed by atoms with Crippen molar-refractivity contribution >= 4 is 40.2 Å². The lowest BCUT2D eigenvalue weighted by Crippen LogP contribution is -2.42. The molecule has 2 aliphatic heterocycles. The second-order valence-corrected chi connectivity index (χ2v) is 8.70. The molecule has 0 unspecified atom stereocenters. The molecule has 31 heavy (non-hydrogen) atoms. The number of rotatable bonds is 5. The lowest BCUT2D eigenvalue weighted by molar-refractivity contribution is -0.113. The molecule has 0 radical (unpaired) electrons. The van der Waals surface area contributed by atoms with Crippen molar-refractivity contribution in [1.82, 2.24) is 20.3 Å². The van der Waals surface area contributed by atoms with E-state index >= 15 is 0 Å². The molecule has 5 heterocycles. The van der Waals surface area contributed by atoms with Crippen LogP contribution in [-0.2, 0) is 11.3 Å². The summed E-state index contributed by atoms with van der Waals surface area (Å²) in [6.07, 6.45) is 3.91. The zero-order valence-electron chi connectivity index (χ0n) is 17.3. The van der Waals surface area contributed by atoms with E-state index in [-0.39, 0.29) is 5.91 Å². The summed E-state index contributed by atoms with van der Waals surface area (Å²) in [7, 11) is 1.63. The first-order valence-electron chi connectivity index (χ1n) is 10.4. The second-order valence-electron chi connectivity index (χ2n) is 7.68. The third-order valence-electron chi connectivity index (χ3n) is 5.69. The van der Waals surface area contributed by atoms with Crippen LogP contribution in [0.5, 0.6) is 5.88 Å². The van der Waals surface area contributed by atoms with E-state index in [0.29, 0.717) is 30.0 Å². The molecule has 0 saturated carbocycles. The van der Waals surface area contributed by atoms with Crippen LogP contribution in [0.4, 0.5) is 11.5 Å². The number of hydrogen-bond acceptors (Lipinski definition) is 8. The highest BCUT2D eigenvalue weighted by Crippen LogP contribution is 2.30. The van der Waals surface area contributed by atoms with E-state index in [0.717, 1.165) is 53.2 Å². The summed E-state index contributed by atoms with van der Waals surface area (Å²) in [6, 6.07) is 10.3. The van der Waals surface area contributed by atoms with E-state index in [1.165, 1.54) is 11.8 Å². The summed E-state index contributed by atoms with van der Waals surface area (Å²) < 4.78 is 5.30. The van der Waals surface area contributed by atoms with Gasteiger partial charge in [0.1, 0.15) is 11.3 Å². The van der Waals surface area contributed by atoms with Gasteiger partial charge in [-0.3, -0.25) is 9.78 Å². The quantitative estimate of drug-likeness (QED) is 0.631. The fourth-order valence-corrected chi connectivity index (χ4v) is 4.80. The Hall–Kier alpha value is -2.91. The van der Waals surface area contributed by atoms with Crippen molar-refractivity contribution in [1.29, 1.82) is 0 Å². The van der Waals surface area contributed by atoms with E-state index in [4.69, 9.17) is 4.74 Å². The Kier molecular flexibility index (Phi) is 5.61. The van der Waals surface area contributed by atoms with Gasteiger partial charge in [-0.25, -0.2) is 9.97 Å². The van der Waals surface area contributed by atoms with Crippen molar-refractivity contribution in [2.24, 2.45) is 0 Å². The predicted octanol–water partition coefficient (Wildman–Crippen LogP) is 2.84. The van der Waals surface area contributed by atoms with E-state index in [2.05, 4.69) is 30.5 Å². The summed E-state index contributed by atoms with van der Waals surface area (Å²) in [4.78, 5) is 28.7. The molecule has 2 N–H and O–H groups in total. The molecule has 3 aromatic heterocycles. The number of piperidine rings is 1. The molecule has 1 amide bonds. The molecule has 0 atom stereocenters. The minimum absolute atomic E-state index is 0.0122. The van der Waals surface area contributed by atoms with E-state index < -0.39 is 0 Å². The molecular weight excluding hydrogens is 412 g/mol. The standard InChI is InChI=1S/C22H24N6O2S/c1-30-20-5-3-16-21(27-20)17(6-9-23-16)28-10-7-14(8-11-28)24-12-15-2-4-18-22(25-15)26-19(29)13-31-18/h2-6,9,14,24H,7-8,10-13H2,1H3,(H,25,26,29). The van der Waals surface area contributed by atoms with Crippen molar-refractivity contribution in [3.05, 3.63) is 42.2 Å². The number of thioether (sulfide) groups is 1. The normalized spacial score (nSPS) is 16.8. The van der Waals surface area contributed by atoms with Crippen LogP contribution in [0.2, 0.25) is 0 Å². The van der Waals surface area contributed by atoms with Crippen LogP contribution in [0.3, 0.4) is 0 Å². The Morgan fingerprint density at radius 1 is 1.19 bits per heavy atom. The Balaban J connectivity index is 1.21. The average Bonchev–Trinajstić information content (AvgIpc) is 2.82. The second kappa shape index (κ2) is 8.68. The fraction of sp³-hybridized carbons (Fsp3) is 0.364. The highest BCUT2D eigenvalue weighted by Gasteiger charge is 2.22. The molecule has 1 fully saturated rings. The fourth-order valence-electron chi connectivity index (χ4n) is 4.04. The molecule has 3 aromatic rings. The number of carbonyl (C=O) groups excluding carboxylic acids is 1. The maximum atomic E-state index is 11.6. The topological polar surface area (TPSA) is 92.3 Å². The summed E-state index contributed by atoms with van der Waals surface area (Å²) in [6.45, 7) is 2.58. The third kappa shape index (κ3) is 4.28. The van der Waals surface area contributed by atoms with E-state index in [1.807, 2.05) is 36.5 Å². The number of methoxy groups -OCH3 is 1. The molecule has 0 bridgehead atoms. The summed E-state index contributed by atoms with van der Waals surface area (Å²) in [5.74, 6) is 1.76. The molecule has 8 nitrogen and oxygen atoms in total. The summed E-state index contributed by atoms with van der Waals surface area (Å²) in [5.41, 5.74) is 3.81. The first-order chi connectivity index (χ1) is 15.2. The van der Waals surface area contributed by atoms with Crippen molar-refractivity contribution in [2.75, 3.05) is 36.2 Å². The maximum Gasteiger partial charge on any atom is 0.235 e. The molecule has 9 heteroatoms. The van der Waals surface area contributed by atoms with Gasteiger partial charge in [0, 0.05) is 37.9 Å². The minimum atomic E-state index is 0.0122. The van der Waals surface area contributed by atoms with Crippen LogP contribution in [0.25, 0.3) is 11.0 Å². The molecule has 2 aliphatic rings. The number of amides is 1. The average molecular weight is 437 g/mol. The Labute approximate surface area is 184 Å². The van der Waals surface area contributed by atoms with Crippen LogP contribution < -0.4 is 20.3 Å². The molecule has 160 valence electrons. The number of anilines is 2. The number of hydrogen-bond donors (Lipinski definition) is 2. The SMILES string of the molecule is COc1ccc2nccc(N3CCC(NCc4ccc5c(n4)NC(=O)CS5)CC3)c2n1. The first kappa shape index (κ1) is 20.0. The van der Waals surface area contributed by atoms with Gasteiger partial charge in [0.2, 0.25) is 11.8 Å². The summed E-state index contributed by atoms with van der Waals surface area (Å²) in [5, 5.41) is 6.49. The molecular formula is C22H24N6O2S. The zero-order chi connectivity index (χ0) is 21.2. The highest BCUT2D eigenvalue weighted by molar-refractivity contribution is 8.00. The highest BCUT2D eigenvalue weighted by atomic mass is 32.2. The van der Waals surface area contributed by atoms with Crippen LogP contribution in [0.1, 0.15) is 18.5 Å². The molecule has 0 aliphatic carbocycles. The lowest BCUT2D eigenvalue weighted by Gasteiger charge is -2.34. The number of carbonyl (C=O) groups is 1. The molecule has 0 aromatic carbocycles. The Bertz CT molecular complexity index is 1120. The van der Waals surface area contributed by atoms with Gasteiger partial charge < -0.3 is 20.3 Å². The van der Waals surface area contributed by atoms with Gasteiger partial charge in [-0.1, -0.05) is 0 Å². The van der Waals surface area contributed by atoms with Gasteiger partial charge in [0.25, 0.3) is 0 Å². The van der Waals surface area contributed by atoms with Gasteiger partial charge in [-0.15, -0.1) is 11.8 Å². The van der Waals surface area contributed by atoms with Gasteiger partial charge in [-0.05, 0) is 37.1 Å². The van der Waals surface area contributed by atoms with Crippen molar-refractivity contribution in [3.63, 3.8) is 0 Å². The summed E-state index contributed by atoms with van der Waals surface area (Å²) >= 11 is 1.53. The number of nitrogens with zero attached hydrogens (tertiary/aromatic N) is 4. The molecule has 0 spiro atoms. The van der Waals surface area contributed by atoms with Crippen LogP contribution in [-0.4, -0.2) is 52.9 Å².